The largest absolute Gasteiger partial charge is 0.495 e. The molecule has 0 bridgehead atoms. The Kier molecular flexibility index (Phi) is 7.10. The number of fused-ring (bicyclic) bond motifs is 3. The molecular weight excluding hydrogens is 442 g/mol. The van der Waals surface area contributed by atoms with Gasteiger partial charge in [0, 0.05) is 12.3 Å². The van der Waals surface area contributed by atoms with Crippen LogP contribution in [0.5, 0.6) is 5.75 Å². The monoisotopic (exact) mass is 473 g/mol. The van der Waals surface area contributed by atoms with Crippen LogP contribution < -0.4 is 10.1 Å². The number of carbonyl (C=O) groups excluding carboxylic acids is 2. The van der Waals surface area contributed by atoms with Crippen LogP contribution in [0, 0.1) is 0 Å². The van der Waals surface area contributed by atoms with E-state index in [4.69, 9.17) is 14.2 Å². The van der Waals surface area contributed by atoms with Gasteiger partial charge in [-0.3, -0.25) is 10.1 Å². The summed E-state index contributed by atoms with van der Waals surface area (Å²) in [5.74, 6) is 0.171. The number of hydrogen-bond acceptors (Lipinski definition) is 5. The van der Waals surface area contributed by atoms with E-state index in [9.17, 15) is 9.59 Å². The van der Waals surface area contributed by atoms with Crippen LogP contribution in [0.2, 0.25) is 0 Å². The van der Waals surface area contributed by atoms with Crippen molar-refractivity contribution in [2.75, 3.05) is 19.0 Å². The first-order valence-corrected chi connectivity index (χ1v) is 11.8. The van der Waals surface area contributed by atoms with Gasteiger partial charge in [0.1, 0.15) is 18.0 Å². The van der Waals surface area contributed by atoms with E-state index in [-0.39, 0.29) is 24.9 Å². The van der Waals surface area contributed by atoms with Gasteiger partial charge in [-0.15, -0.1) is 0 Å². The number of benzene rings is 3. The Hall–Kier alpha value is -3.80. The predicted octanol–water partition coefficient (Wildman–Crippen LogP) is 6.33. The van der Waals surface area contributed by atoms with E-state index in [2.05, 4.69) is 29.6 Å². The van der Waals surface area contributed by atoms with Gasteiger partial charge in [-0.25, -0.2) is 4.79 Å². The molecule has 1 amide bonds. The summed E-state index contributed by atoms with van der Waals surface area (Å²) < 4.78 is 16.6. The minimum Gasteiger partial charge on any atom is -0.495 e. The molecule has 0 aromatic heterocycles. The third kappa shape index (κ3) is 5.65. The van der Waals surface area contributed by atoms with Gasteiger partial charge >= 0.3 is 12.1 Å². The van der Waals surface area contributed by atoms with Crippen molar-refractivity contribution >= 4 is 17.7 Å². The van der Waals surface area contributed by atoms with Crippen molar-refractivity contribution in [3.8, 4) is 16.9 Å². The normalized spacial score (nSPS) is 12.5. The standard InChI is InChI=1S/C29H31NO5/c1-29(2,3)35-26(31)17-16-19-10-9-15-25(33-4)27(19)30-28(32)34-18-24-22-13-7-5-11-20(22)21-12-6-8-14-23(21)24/h5-15,24H,16-18H2,1-4H3,(H,30,32). The third-order valence-electron chi connectivity index (χ3n) is 5.92. The molecule has 0 aliphatic heterocycles. The molecule has 6 nitrogen and oxygen atoms in total. The first kappa shape index (κ1) is 24.3. The average Bonchev–Trinajstić information content (AvgIpc) is 3.14. The molecule has 0 saturated heterocycles. The molecule has 0 fully saturated rings. The van der Waals surface area contributed by atoms with E-state index in [0.29, 0.717) is 17.9 Å². The van der Waals surface area contributed by atoms with Crippen molar-refractivity contribution in [1.29, 1.82) is 0 Å². The lowest BCUT2D eigenvalue weighted by Crippen LogP contribution is -2.24. The second kappa shape index (κ2) is 10.2. The van der Waals surface area contributed by atoms with Crippen molar-refractivity contribution in [1.82, 2.24) is 0 Å². The number of esters is 1. The topological polar surface area (TPSA) is 73.9 Å². The van der Waals surface area contributed by atoms with Crippen LogP contribution in [0.15, 0.2) is 66.7 Å². The number of nitrogens with one attached hydrogen (secondary N) is 1. The second-order valence-electron chi connectivity index (χ2n) is 9.53. The minimum absolute atomic E-state index is 0.0301. The van der Waals surface area contributed by atoms with Gasteiger partial charge in [0.05, 0.1) is 12.8 Å². The molecule has 3 aromatic rings. The molecule has 0 heterocycles. The minimum atomic E-state index is -0.574. The SMILES string of the molecule is COc1cccc(CCC(=O)OC(C)(C)C)c1NC(=O)OCC1c2ccccc2-c2ccccc21. The summed E-state index contributed by atoms with van der Waals surface area (Å²) in [4.78, 5) is 25.1. The Balaban J connectivity index is 1.45. The highest BCUT2D eigenvalue weighted by Crippen LogP contribution is 2.44. The molecule has 1 aliphatic rings. The molecule has 182 valence electrons. The molecule has 3 aromatic carbocycles. The summed E-state index contributed by atoms with van der Waals surface area (Å²) in [5, 5.41) is 2.84. The van der Waals surface area contributed by atoms with Crippen LogP contribution in [0.3, 0.4) is 0 Å². The molecule has 0 spiro atoms. The van der Waals surface area contributed by atoms with Crippen molar-refractivity contribution in [2.24, 2.45) is 0 Å². The smallest absolute Gasteiger partial charge is 0.411 e. The van der Waals surface area contributed by atoms with E-state index >= 15 is 0 Å². The van der Waals surface area contributed by atoms with Gasteiger partial charge in [-0.1, -0.05) is 60.7 Å². The lowest BCUT2D eigenvalue weighted by Gasteiger charge is -2.20. The Labute approximate surface area is 206 Å². The van der Waals surface area contributed by atoms with Crippen molar-refractivity contribution in [2.45, 2.75) is 45.1 Å². The molecule has 6 heteroatoms. The number of anilines is 1. The number of rotatable bonds is 7. The maximum Gasteiger partial charge on any atom is 0.411 e. The van der Waals surface area contributed by atoms with E-state index in [1.165, 1.54) is 18.2 Å². The molecule has 0 saturated carbocycles. The average molecular weight is 474 g/mol. The fourth-order valence-corrected chi connectivity index (χ4v) is 4.46. The summed E-state index contributed by atoms with van der Waals surface area (Å²) in [6.07, 6.45) is 0.00410. The molecular formula is C29H31NO5. The Morgan fingerprint density at radius 1 is 0.886 bits per heavy atom. The summed E-state index contributed by atoms with van der Waals surface area (Å²) in [5.41, 5.74) is 5.36. The maximum absolute atomic E-state index is 12.9. The molecule has 0 radical (unpaired) electrons. The van der Waals surface area contributed by atoms with Gasteiger partial charge in [0.2, 0.25) is 0 Å². The van der Waals surface area contributed by atoms with Crippen LogP contribution >= 0.6 is 0 Å². The van der Waals surface area contributed by atoms with Gasteiger partial charge in [-0.2, -0.15) is 0 Å². The van der Waals surface area contributed by atoms with Crippen LogP contribution in [-0.4, -0.2) is 31.4 Å². The highest BCUT2D eigenvalue weighted by atomic mass is 16.6. The first-order valence-electron chi connectivity index (χ1n) is 11.8. The first-order chi connectivity index (χ1) is 16.8. The number of carbonyl (C=O) groups is 2. The highest BCUT2D eigenvalue weighted by molar-refractivity contribution is 5.88. The van der Waals surface area contributed by atoms with Crippen molar-refractivity contribution < 1.29 is 23.8 Å². The van der Waals surface area contributed by atoms with E-state index < -0.39 is 11.7 Å². The zero-order valence-electron chi connectivity index (χ0n) is 20.6. The summed E-state index contributed by atoms with van der Waals surface area (Å²) in [6.45, 7) is 5.71. The maximum atomic E-state index is 12.9. The Bertz CT molecular complexity index is 1180. The highest BCUT2D eigenvalue weighted by Gasteiger charge is 2.29. The van der Waals surface area contributed by atoms with E-state index in [1.54, 1.807) is 6.07 Å². The van der Waals surface area contributed by atoms with Gasteiger partial charge in [0.25, 0.3) is 0 Å². The van der Waals surface area contributed by atoms with E-state index in [0.717, 1.165) is 16.7 Å². The molecule has 0 atom stereocenters. The van der Waals surface area contributed by atoms with Crippen molar-refractivity contribution in [3.63, 3.8) is 0 Å². The summed E-state index contributed by atoms with van der Waals surface area (Å²) in [6, 6.07) is 21.8. The van der Waals surface area contributed by atoms with Crippen LogP contribution in [0.4, 0.5) is 10.5 Å². The molecule has 0 unspecified atom stereocenters. The summed E-state index contributed by atoms with van der Waals surface area (Å²) in [7, 11) is 1.54. The third-order valence-corrected chi connectivity index (χ3v) is 5.92. The Morgan fingerprint density at radius 2 is 1.51 bits per heavy atom. The second-order valence-corrected chi connectivity index (χ2v) is 9.53. The number of amides is 1. The van der Waals surface area contributed by atoms with Crippen molar-refractivity contribution in [3.05, 3.63) is 83.4 Å². The quantitative estimate of drug-likeness (QED) is 0.406. The lowest BCUT2D eigenvalue weighted by atomic mass is 9.98. The fraction of sp³-hybridized carbons (Fsp3) is 0.310. The van der Waals surface area contributed by atoms with Crippen LogP contribution in [0.1, 0.15) is 49.8 Å². The van der Waals surface area contributed by atoms with Gasteiger partial charge in [-0.05, 0) is 61.1 Å². The van der Waals surface area contributed by atoms with Crippen LogP contribution in [0.25, 0.3) is 11.1 Å². The zero-order chi connectivity index (χ0) is 25.0. The lowest BCUT2D eigenvalue weighted by molar-refractivity contribution is -0.154. The summed E-state index contributed by atoms with van der Waals surface area (Å²) >= 11 is 0. The van der Waals surface area contributed by atoms with Gasteiger partial charge in [0.15, 0.2) is 0 Å². The number of ether oxygens (including phenoxy) is 3. The number of para-hydroxylation sites is 1. The fourth-order valence-electron chi connectivity index (χ4n) is 4.46. The van der Waals surface area contributed by atoms with Crippen LogP contribution in [-0.2, 0) is 20.7 Å². The molecule has 1 aliphatic carbocycles. The zero-order valence-corrected chi connectivity index (χ0v) is 20.6. The van der Waals surface area contributed by atoms with Gasteiger partial charge < -0.3 is 14.2 Å². The number of aryl methyl sites for hydroxylation is 1. The Morgan fingerprint density at radius 3 is 2.11 bits per heavy atom. The number of methoxy groups -OCH3 is 1. The predicted molar refractivity (Wildman–Crippen MR) is 136 cm³/mol. The molecule has 1 N–H and O–H groups in total. The molecule has 35 heavy (non-hydrogen) atoms. The molecule has 4 rings (SSSR count). The number of hydrogen-bond donors (Lipinski definition) is 1. The van der Waals surface area contributed by atoms with E-state index in [1.807, 2.05) is 57.2 Å².